The Labute approximate surface area is 159 Å². The van der Waals surface area contributed by atoms with Crippen LogP contribution in [0.4, 0.5) is 23.3 Å². The van der Waals surface area contributed by atoms with Gasteiger partial charge in [0.15, 0.2) is 0 Å². The highest BCUT2D eigenvalue weighted by molar-refractivity contribution is 6.32. The van der Waals surface area contributed by atoms with E-state index in [0.29, 0.717) is 27.8 Å². The molecule has 0 saturated heterocycles. The zero-order valence-electron chi connectivity index (χ0n) is 14.5. The van der Waals surface area contributed by atoms with Crippen molar-refractivity contribution in [2.45, 2.75) is 12.3 Å². The van der Waals surface area contributed by atoms with Crippen LogP contribution in [0.25, 0.3) is 0 Å². The summed E-state index contributed by atoms with van der Waals surface area (Å²) in [4.78, 5) is 32.7. The summed E-state index contributed by atoms with van der Waals surface area (Å²) in [6.07, 6.45) is -0.122. The van der Waals surface area contributed by atoms with E-state index in [1.807, 2.05) is 0 Å². The minimum Gasteiger partial charge on any atom is -0.495 e. The molecule has 2 heterocycles. The summed E-state index contributed by atoms with van der Waals surface area (Å²) in [5.41, 5.74) is 12.1. The molecule has 0 radical (unpaired) electrons. The third-order valence-electron chi connectivity index (χ3n) is 4.04. The van der Waals surface area contributed by atoms with Crippen molar-refractivity contribution in [2.24, 2.45) is 0 Å². The van der Waals surface area contributed by atoms with Crippen molar-refractivity contribution >= 4 is 46.7 Å². The van der Waals surface area contributed by atoms with Crippen LogP contribution in [0, 0.1) is 0 Å². The number of nitrogens with zero attached hydrogens (tertiary/aromatic N) is 2. The molecular formula is C16H17ClN6O4. The molecule has 6 N–H and O–H groups in total. The van der Waals surface area contributed by atoms with E-state index in [1.165, 1.54) is 26.4 Å². The minimum absolute atomic E-state index is 0.0262. The van der Waals surface area contributed by atoms with Gasteiger partial charge in [-0.15, -0.1) is 0 Å². The van der Waals surface area contributed by atoms with Gasteiger partial charge in [-0.25, -0.2) is 0 Å². The van der Waals surface area contributed by atoms with E-state index in [1.54, 1.807) is 0 Å². The van der Waals surface area contributed by atoms with Crippen LogP contribution < -0.4 is 31.6 Å². The molecule has 0 spiro atoms. The number of carbonyl (C=O) groups is 2. The van der Waals surface area contributed by atoms with Crippen molar-refractivity contribution in [2.75, 3.05) is 36.3 Å². The molecule has 2 amide bonds. The second kappa shape index (κ2) is 7.16. The zero-order chi connectivity index (χ0) is 19.7. The maximum Gasteiger partial charge on any atom is 0.232 e. The first kappa shape index (κ1) is 18.5. The summed E-state index contributed by atoms with van der Waals surface area (Å²) in [6.45, 7) is 0. The van der Waals surface area contributed by atoms with E-state index < -0.39 is 11.8 Å². The Balaban J connectivity index is 1.98. The summed E-state index contributed by atoms with van der Waals surface area (Å²) < 4.78 is 10.4. The van der Waals surface area contributed by atoms with Gasteiger partial charge in [-0.2, -0.15) is 9.97 Å². The third kappa shape index (κ3) is 3.51. The van der Waals surface area contributed by atoms with E-state index in [0.717, 1.165) is 0 Å². The lowest BCUT2D eigenvalue weighted by Gasteiger charge is -2.25. The Morgan fingerprint density at radius 1 is 1.26 bits per heavy atom. The van der Waals surface area contributed by atoms with Gasteiger partial charge in [0.2, 0.25) is 17.8 Å². The molecule has 3 rings (SSSR count). The number of fused-ring (bicyclic) bond motifs is 1. The maximum atomic E-state index is 12.9. The number of amides is 2. The molecule has 1 aromatic heterocycles. The van der Waals surface area contributed by atoms with Crippen molar-refractivity contribution in [1.82, 2.24) is 9.97 Å². The Morgan fingerprint density at radius 3 is 2.63 bits per heavy atom. The Hall–Kier alpha value is -3.27. The first-order valence-corrected chi connectivity index (χ1v) is 8.17. The van der Waals surface area contributed by atoms with Gasteiger partial charge in [-0.1, -0.05) is 11.6 Å². The van der Waals surface area contributed by atoms with Crippen LogP contribution in [0.15, 0.2) is 12.1 Å². The molecule has 142 valence electrons. The van der Waals surface area contributed by atoms with Crippen LogP contribution >= 0.6 is 11.6 Å². The van der Waals surface area contributed by atoms with E-state index in [-0.39, 0.29) is 29.9 Å². The van der Waals surface area contributed by atoms with Gasteiger partial charge in [-0.05, 0) is 0 Å². The van der Waals surface area contributed by atoms with Crippen molar-refractivity contribution in [1.29, 1.82) is 0 Å². The first-order valence-electron chi connectivity index (χ1n) is 7.79. The number of hydrogen-bond acceptors (Lipinski definition) is 8. The Bertz CT molecular complexity index is 936. The smallest absolute Gasteiger partial charge is 0.232 e. The lowest BCUT2D eigenvalue weighted by molar-refractivity contribution is -0.123. The zero-order valence-corrected chi connectivity index (χ0v) is 15.3. The van der Waals surface area contributed by atoms with E-state index >= 15 is 0 Å². The van der Waals surface area contributed by atoms with Gasteiger partial charge >= 0.3 is 0 Å². The maximum absolute atomic E-state index is 12.9. The van der Waals surface area contributed by atoms with Crippen LogP contribution in [0.2, 0.25) is 5.02 Å². The lowest BCUT2D eigenvalue weighted by atomic mass is 9.92. The minimum atomic E-state index is -0.902. The average Bonchev–Trinajstić information content (AvgIpc) is 2.61. The number of rotatable bonds is 4. The van der Waals surface area contributed by atoms with E-state index in [9.17, 15) is 9.59 Å². The summed E-state index contributed by atoms with van der Waals surface area (Å²) in [5, 5.41) is 5.58. The fourth-order valence-electron chi connectivity index (χ4n) is 2.82. The highest BCUT2D eigenvalue weighted by Crippen LogP contribution is 2.39. The largest absolute Gasteiger partial charge is 0.495 e. The summed E-state index contributed by atoms with van der Waals surface area (Å²) in [6, 6.07) is 3.03. The van der Waals surface area contributed by atoms with Crippen LogP contribution in [-0.2, 0) is 9.59 Å². The number of nitrogens with one attached hydrogen (secondary N) is 2. The monoisotopic (exact) mass is 392 g/mol. The van der Waals surface area contributed by atoms with E-state index in [2.05, 4.69) is 20.6 Å². The number of nitrogen functional groups attached to an aromatic ring is 2. The van der Waals surface area contributed by atoms with Crippen molar-refractivity contribution in [3.8, 4) is 11.5 Å². The summed E-state index contributed by atoms with van der Waals surface area (Å²) in [7, 11) is 2.88. The second-order valence-electron chi connectivity index (χ2n) is 5.71. The Kier molecular flexibility index (Phi) is 4.91. The fraction of sp³-hybridized carbons (Fsp3) is 0.250. The molecule has 1 aliphatic heterocycles. The van der Waals surface area contributed by atoms with Crippen molar-refractivity contribution < 1.29 is 19.1 Å². The molecule has 0 bridgehead atoms. The number of hydrogen-bond donors (Lipinski definition) is 4. The fourth-order valence-corrected chi connectivity index (χ4v) is 3.05. The lowest BCUT2D eigenvalue weighted by Crippen LogP contribution is -2.32. The van der Waals surface area contributed by atoms with E-state index in [4.69, 9.17) is 32.5 Å². The molecule has 11 heteroatoms. The van der Waals surface area contributed by atoms with Crippen LogP contribution in [0.1, 0.15) is 17.9 Å². The van der Waals surface area contributed by atoms with Gasteiger partial charge in [0.1, 0.15) is 23.1 Å². The third-order valence-corrected chi connectivity index (χ3v) is 4.33. The van der Waals surface area contributed by atoms with Crippen molar-refractivity contribution in [3.05, 3.63) is 22.7 Å². The molecule has 0 fully saturated rings. The van der Waals surface area contributed by atoms with Gasteiger partial charge in [0, 0.05) is 18.6 Å². The second-order valence-corrected chi connectivity index (χ2v) is 6.12. The van der Waals surface area contributed by atoms with Gasteiger partial charge in [-0.3, -0.25) is 9.59 Å². The predicted molar refractivity (Wildman–Crippen MR) is 100 cm³/mol. The molecule has 27 heavy (non-hydrogen) atoms. The molecular weight excluding hydrogens is 376 g/mol. The summed E-state index contributed by atoms with van der Waals surface area (Å²) >= 11 is 6.07. The van der Waals surface area contributed by atoms with Gasteiger partial charge < -0.3 is 31.6 Å². The van der Waals surface area contributed by atoms with Gasteiger partial charge in [0.05, 0.1) is 36.4 Å². The number of anilines is 4. The van der Waals surface area contributed by atoms with Crippen molar-refractivity contribution in [3.63, 3.8) is 0 Å². The highest BCUT2D eigenvalue weighted by Gasteiger charge is 2.35. The number of nitrogens with two attached hydrogens (primary N) is 2. The molecule has 2 aromatic rings. The number of halogens is 1. The molecule has 0 aliphatic carbocycles. The molecule has 10 nitrogen and oxygen atoms in total. The number of ether oxygens (including phenoxy) is 2. The highest BCUT2D eigenvalue weighted by atomic mass is 35.5. The normalized spacial score (nSPS) is 15.5. The quantitative estimate of drug-likeness (QED) is 0.608. The standard InChI is InChI=1S/C16H17ClN6O4/c1-26-9-5-8(10(27-2)4-7(9)17)20-15(25)6-3-11(24)21-14-12(6)13(18)22-16(19)23-14/h4-6H,3H2,1-2H3,(H,20,25)(H5,18,19,21,22,23,24)/t6-/m0/s1. The van der Waals surface area contributed by atoms with Crippen LogP contribution in [0.3, 0.4) is 0 Å². The number of carbonyl (C=O) groups excluding carboxylic acids is 2. The average molecular weight is 393 g/mol. The molecule has 0 unspecified atom stereocenters. The molecule has 1 atom stereocenters. The predicted octanol–water partition coefficient (Wildman–Crippen LogP) is 1.38. The van der Waals surface area contributed by atoms with Crippen LogP contribution in [0.5, 0.6) is 11.5 Å². The molecule has 0 saturated carbocycles. The number of benzene rings is 1. The van der Waals surface area contributed by atoms with Gasteiger partial charge in [0.25, 0.3) is 0 Å². The summed E-state index contributed by atoms with van der Waals surface area (Å²) in [5.74, 6) is -1.05. The first-order chi connectivity index (χ1) is 12.8. The number of methoxy groups -OCH3 is 2. The SMILES string of the molecule is COc1cc(NC(=O)[C@H]2CC(=O)Nc3nc(N)nc(N)c32)c(OC)cc1Cl. The molecule has 1 aromatic carbocycles. The molecule has 1 aliphatic rings. The number of aromatic nitrogens is 2. The van der Waals surface area contributed by atoms with Crippen LogP contribution in [-0.4, -0.2) is 36.0 Å². The Morgan fingerprint density at radius 2 is 1.96 bits per heavy atom. The topological polar surface area (TPSA) is 154 Å².